The molecule has 0 fully saturated rings. The second kappa shape index (κ2) is 25.9. The molecule has 0 aromatic heterocycles. The van der Waals surface area contributed by atoms with Crippen LogP contribution in [0.5, 0.6) is 0 Å². The first kappa shape index (κ1) is 62.9. The lowest BCUT2D eigenvalue weighted by Crippen LogP contribution is -2.23. The zero-order valence-corrected chi connectivity index (χ0v) is 33.3. The first-order valence-corrected chi connectivity index (χ1v) is 12.7. The second-order valence-electron chi connectivity index (χ2n) is 9.33. The van der Waals surface area contributed by atoms with Gasteiger partial charge in [0, 0.05) is 11.1 Å². The van der Waals surface area contributed by atoms with E-state index in [1.54, 1.807) is 24.3 Å². The zero-order chi connectivity index (χ0) is 36.2. The summed E-state index contributed by atoms with van der Waals surface area (Å²) >= 11 is 0. The standard InChI is InChI=1S/C19H10O13.C12H8O4.8ClH/c20-13(5-1-2-6(14(21)22)7(3-5)15(23)24)8-4-9(16(25)26)11(18(29)30)12(19(31)32)10(8)17(27)28;13-11(14)9-5-6-10(12(15)16)8-4-2-1-3-7(8)9;;;;;;;;/h1-4H,(H,21,22)(H,23,24)(H,25,26)(H,27,28)(H,29,30)(H,31,32);1-6H,(H,13,14)(H,15,16);8*1H. The molecule has 8 N–H and O–H groups in total. The van der Waals surface area contributed by atoms with Gasteiger partial charge in [0.25, 0.3) is 0 Å². The molecule has 4 aromatic carbocycles. The molecule has 0 saturated heterocycles. The molecule has 4 aromatic rings. The highest BCUT2D eigenvalue weighted by Gasteiger charge is 2.35. The van der Waals surface area contributed by atoms with Gasteiger partial charge >= 0.3 is 47.8 Å². The third kappa shape index (κ3) is 13.3. The molecular weight excluding hydrogens is 928 g/mol. The van der Waals surface area contributed by atoms with Gasteiger partial charge in [-0.25, -0.2) is 38.4 Å². The Bertz CT molecular complexity index is 2100. The molecule has 0 atom stereocenters. The molecule has 0 heterocycles. The number of halogens is 8. The van der Waals surface area contributed by atoms with E-state index in [2.05, 4.69) is 0 Å². The molecular formula is C31H26Cl8O17. The number of hydrogen-bond acceptors (Lipinski definition) is 9. The lowest BCUT2D eigenvalue weighted by Gasteiger charge is -2.14. The third-order valence-electron chi connectivity index (χ3n) is 6.57. The number of benzene rings is 4. The van der Waals surface area contributed by atoms with E-state index in [-0.39, 0.29) is 110 Å². The fraction of sp³-hybridized carbons (Fsp3) is 0. The number of aromatic carboxylic acids is 8. The van der Waals surface area contributed by atoms with Gasteiger partial charge in [-0.3, -0.25) is 4.79 Å². The van der Waals surface area contributed by atoms with Crippen molar-refractivity contribution in [3.8, 4) is 0 Å². The minimum absolute atomic E-state index is 0. The van der Waals surface area contributed by atoms with E-state index >= 15 is 0 Å². The first-order valence-electron chi connectivity index (χ1n) is 12.7. The Morgan fingerprint density at radius 2 is 0.625 bits per heavy atom. The van der Waals surface area contributed by atoms with Crippen molar-refractivity contribution in [1.82, 2.24) is 0 Å². The normalized spacial score (nSPS) is 8.79. The van der Waals surface area contributed by atoms with Crippen molar-refractivity contribution in [2.24, 2.45) is 0 Å². The van der Waals surface area contributed by atoms with Crippen LogP contribution in [-0.2, 0) is 0 Å². The van der Waals surface area contributed by atoms with E-state index in [0.717, 1.165) is 12.1 Å². The Morgan fingerprint density at radius 3 is 0.946 bits per heavy atom. The van der Waals surface area contributed by atoms with Crippen LogP contribution in [0.15, 0.2) is 60.7 Å². The van der Waals surface area contributed by atoms with E-state index in [1.165, 1.54) is 12.1 Å². The van der Waals surface area contributed by atoms with Gasteiger partial charge in [0.2, 0.25) is 0 Å². The Hall–Kier alpha value is -5.11. The van der Waals surface area contributed by atoms with Gasteiger partial charge in [0.15, 0.2) is 5.78 Å². The van der Waals surface area contributed by atoms with Gasteiger partial charge in [0.05, 0.1) is 44.5 Å². The van der Waals surface area contributed by atoms with Crippen LogP contribution in [0.25, 0.3) is 10.8 Å². The maximum absolute atomic E-state index is 12.9. The summed E-state index contributed by atoms with van der Waals surface area (Å²) in [6.07, 6.45) is 0. The minimum Gasteiger partial charge on any atom is -0.478 e. The van der Waals surface area contributed by atoms with Gasteiger partial charge in [0.1, 0.15) is 0 Å². The summed E-state index contributed by atoms with van der Waals surface area (Å²) < 4.78 is 0. The molecule has 0 amide bonds. The highest BCUT2D eigenvalue weighted by atomic mass is 35.5. The van der Waals surface area contributed by atoms with Crippen LogP contribution in [0.2, 0.25) is 0 Å². The monoisotopic (exact) mass is 950 g/mol. The Morgan fingerprint density at radius 1 is 0.304 bits per heavy atom. The SMILES string of the molecule is Cl.Cl.Cl.Cl.Cl.Cl.Cl.Cl.O=C(O)c1ccc(C(=O)O)c2ccccc12.O=C(O)c1ccc(C(=O)c2cc(C(=O)O)c(C(=O)O)c(C(=O)O)c2C(=O)O)cc1C(=O)O. The Labute approximate surface area is 362 Å². The van der Waals surface area contributed by atoms with Crippen LogP contribution in [0.4, 0.5) is 0 Å². The van der Waals surface area contributed by atoms with Crippen molar-refractivity contribution >= 4 is 164 Å². The molecule has 0 aliphatic rings. The van der Waals surface area contributed by atoms with Crippen LogP contribution >= 0.6 is 99.3 Å². The number of fused-ring (bicyclic) bond motifs is 1. The van der Waals surface area contributed by atoms with Gasteiger partial charge in [-0.1, -0.05) is 30.3 Å². The number of ketones is 1. The van der Waals surface area contributed by atoms with E-state index < -0.39 is 98.0 Å². The van der Waals surface area contributed by atoms with Gasteiger partial charge in [-0.15, -0.1) is 99.3 Å². The third-order valence-corrected chi connectivity index (χ3v) is 6.57. The summed E-state index contributed by atoms with van der Waals surface area (Å²) in [7, 11) is 0. The zero-order valence-electron chi connectivity index (χ0n) is 26.8. The number of rotatable bonds is 10. The topological polar surface area (TPSA) is 315 Å². The van der Waals surface area contributed by atoms with Gasteiger partial charge < -0.3 is 40.9 Å². The second-order valence-corrected chi connectivity index (χ2v) is 9.33. The van der Waals surface area contributed by atoms with Crippen molar-refractivity contribution in [3.63, 3.8) is 0 Å². The summed E-state index contributed by atoms with van der Waals surface area (Å²) in [5.41, 5.74) is -8.44. The first-order chi connectivity index (χ1) is 22.4. The molecule has 0 spiro atoms. The summed E-state index contributed by atoms with van der Waals surface area (Å²) in [6.45, 7) is 0. The molecule has 308 valence electrons. The number of carboxylic acids is 8. The van der Waals surface area contributed by atoms with E-state index in [9.17, 15) is 68.7 Å². The molecule has 0 aliphatic carbocycles. The number of carboxylic acid groups (broad SMARTS) is 8. The Kier molecular flexibility index (Phi) is 29.0. The van der Waals surface area contributed by atoms with E-state index in [0.29, 0.717) is 22.9 Å². The van der Waals surface area contributed by atoms with Gasteiger partial charge in [-0.05, 0) is 41.1 Å². The largest absolute Gasteiger partial charge is 0.478 e. The summed E-state index contributed by atoms with van der Waals surface area (Å²) in [4.78, 5) is 104. The molecule has 17 nitrogen and oxygen atoms in total. The van der Waals surface area contributed by atoms with Crippen molar-refractivity contribution in [3.05, 3.63) is 116 Å². The van der Waals surface area contributed by atoms with Crippen molar-refractivity contribution in [1.29, 1.82) is 0 Å². The molecule has 0 radical (unpaired) electrons. The fourth-order valence-corrected chi connectivity index (χ4v) is 4.57. The average molecular weight is 954 g/mol. The molecule has 0 bridgehead atoms. The molecule has 0 saturated carbocycles. The van der Waals surface area contributed by atoms with Crippen molar-refractivity contribution < 1.29 is 84.0 Å². The minimum atomic E-state index is -2.15. The molecule has 25 heteroatoms. The molecule has 0 aliphatic heterocycles. The number of carbonyl (C=O) groups excluding carboxylic acids is 1. The molecule has 4 rings (SSSR count). The fourth-order valence-electron chi connectivity index (χ4n) is 4.57. The smallest absolute Gasteiger partial charge is 0.337 e. The van der Waals surface area contributed by atoms with Crippen LogP contribution in [-0.4, -0.2) is 94.4 Å². The molecule has 0 unspecified atom stereocenters. The Balaban J connectivity index is -0.000000225. The summed E-state index contributed by atoms with van der Waals surface area (Å²) in [5.74, 6) is -15.2. The maximum Gasteiger partial charge on any atom is 0.337 e. The predicted octanol–water partition coefficient (Wildman–Crippen LogP) is 6.72. The quantitative estimate of drug-likeness (QED) is 0.0765. The summed E-state index contributed by atoms with van der Waals surface area (Å²) in [5, 5.41) is 74.4. The van der Waals surface area contributed by atoms with Crippen molar-refractivity contribution in [2.75, 3.05) is 0 Å². The van der Waals surface area contributed by atoms with Crippen LogP contribution < -0.4 is 0 Å². The summed E-state index contributed by atoms with van der Waals surface area (Å²) in [6, 6.07) is 11.6. The van der Waals surface area contributed by atoms with Gasteiger partial charge in [-0.2, -0.15) is 0 Å². The maximum atomic E-state index is 12.9. The highest BCUT2D eigenvalue weighted by molar-refractivity contribution is 6.22. The van der Waals surface area contributed by atoms with Crippen LogP contribution in [0.3, 0.4) is 0 Å². The lowest BCUT2D eigenvalue weighted by molar-refractivity contribution is 0.0618. The van der Waals surface area contributed by atoms with Crippen molar-refractivity contribution in [2.45, 2.75) is 0 Å². The van der Waals surface area contributed by atoms with E-state index in [4.69, 9.17) is 15.3 Å². The number of carbonyl (C=O) groups is 9. The lowest BCUT2D eigenvalue weighted by atomic mass is 9.87. The number of hydrogen-bond donors (Lipinski definition) is 8. The van der Waals surface area contributed by atoms with E-state index in [1.807, 2.05) is 0 Å². The van der Waals surface area contributed by atoms with Crippen LogP contribution in [0, 0.1) is 0 Å². The average Bonchev–Trinajstić information content (AvgIpc) is 3.02. The van der Waals surface area contributed by atoms with Crippen LogP contribution in [0.1, 0.15) is 98.8 Å². The molecule has 56 heavy (non-hydrogen) atoms. The predicted molar refractivity (Wildman–Crippen MR) is 214 cm³/mol. The highest BCUT2D eigenvalue weighted by Crippen LogP contribution is 2.28.